The molecule has 4 N–H and O–H groups in total. The van der Waals surface area contributed by atoms with Crippen molar-refractivity contribution in [1.82, 2.24) is 0 Å². The van der Waals surface area contributed by atoms with Gasteiger partial charge in [0.25, 0.3) is 5.91 Å². The molecule has 8 heteroatoms. The number of hydrogen-bond acceptors (Lipinski definition) is 6. The van der Waals surface area contributed by atoms with E-state index >= 15 is 0 Å². The molecule has 0 bridgehead atoms. The van der Waals surface area contributed by atoms with Crippen LogP contribution < -0.4 is 30.7 Å². The molecule has 0 unspecified atom stereocenters. The van der Waals surface area contributed by atoms with Crippen molar-refractivity contribution in [3.8, 4) is 11.5 Å². The largest absolute Gasteiger partial charge is 0.493 e. The van der Waals surface area contributed by atoms with Crippen LogP contribution in [-0.4, -0.2) is 39.1 Å². The Morgan fingerprint density at radius 2 is 1.67 bits per heavy atom. The maximum Gasteiger partial charge on any atom is 0.258 e. The second-order valence-corrected chi connectivity index (χ2v) is 8.31. The Hall–Kier alpha value is -4.30. The number of rotatable bonds is 9. The molecule has 2 amide bonds. The molecule has 0 aliphatic carbocycles. The highest BCUT2D eigenvalue weighted by molar-refractivity contribution is 6.37. The molecule has 0 atom stereocenters. The van der Waals surface area contributed by atoms with Crippen LogP contribution in [0.1, 0.15) is 24.5 Å². The van der Waals surface area contributed by atoms with Gasteiger partial charge in [0.1, 0.15) is 0 Å². The Kier molecular flexibility index (Phi) is 7.56. The molecule has 3 aromatic rings. The summed E-state index contributed by atoms with van der Waals surface area (Å²) < 4.78 is 10.9. The third-order valence-electron chi connectivity index (χ3n) is 6.00. The zero-order valence-corrected chi connectivity index (χ0v) is 20.6. The summed E-state index contributed by atoms with van der Waals surface area (Å²) in [4.78, 5) is 27.0. The third kappa shape index (κ3) is 5.04. The fraction of sp³-hybridized carbons (Fsp3) is 0.214. The molecule has 3 aromatic carbocycles. The standard InChI is InChI=1S/C28H30N4O4/c1-18(33)32(15-7-14-29)21-12-10-20(11-13-21)30-27(19-8-5-4-6-9-19)26-22-16-24(35-2)25(36-3)17-23(22)31-28(26)34/h4-6,8-13,16-17,30H,7,14-15,29H2,1-3H3,(H,31,34)/b27-26-. The van der Waals surface area contributed by atoms with E-state index in [2.05, 4.69) is 10.6 Å². The number of methoxy groups -OCH3 is 2. The number of fused-ring (bicyclic) bond motifs is 1. The summed E-state index contributed by atoms with van der Waals surface area (Å²) in [6, 6.07) is 20.8. The molecular weight excluding hydrogens is 456 g/mol. The van der Waals surface area contributed by atoms with Gasteiger partial charge in [0.2, 0.25) is 5.91 Å². The number of carbonyl (C=O) groups excluding carboxylic acids is 2. The normalized spacial score (nSPS) is 13.5. The van der Waals surface area contributed by atoms with Gasteiger partial charge >= 0.3 is 0 Å². The lowest BCUT2D eigenvalue weighted by molar-refractivity contribution is -0.116. The van der Waals surface area contributed by atoms with Gasteiger partial charge < -0.3 is 30.7 Å². The molecular formula is C28H30N4O4. The molecule has 0 radical (unpaired) electrons. The Labute approximate surface area is 210 Å². The van der Waals surface area contributed by atoms with E-state index < -0.39 is 0 Å². The number of nitrogens with zero attached hydrogens (tertiary/aromatic N) is 1. The van der Waals surface area contributed by atoms with Crippen molar-refractivity contribution in [2.45, 2.75) is 13.3 Å². The second kappa shape index (κ2) is 11.0. The molecule has 0 saturated carbocycles. The maximum atomic E-state index is 13.2. The molecule has 1 aliphatic rings. The van der Waals surface area contributed by atoms with Crippen LogP contribution in [0.4, 0.5) is 17.1 Å². The van der Waals surface area contributed by atoms with Crippen molar-refractivity contribution in [3.05, 3.63) is 77.9 Å². The Morgan fingerprint density at radius 3 is 2.28 bits per heavy atom. The van der Waals surface area contributed by atoms with Gasteiger partial charge in [-0.25, -0.2) is 0 Å². The number of carbonyl (C=O) groups is 2. The van der Waals surface area contributed by atoms with Crippen LogP contribution in [0, 0.1) is 0 Å². The van der Waals surface area contributed by atoms with E-state index in [-0.39, 0.29) is 11.8 Å². The van der Waals surface area contributed by atoms with Crippen molar-refractivity contribution in [1.29, 1.82) is 0 Å². The van der Waals surface area contributed by atoms with Crippen LogP contribution in [0.25, 0.3) is 11.3 Å². The van der Waals surface area contributed by atoms with Crippen LogP contribution in [0.3, 0.4) is 0 Å². The lowest BCUT2D eigenvalue weighted by Gasteiger charge is -2.21. The van der Waals surface area contributed by atoms with Crippen molar-refractivity contribution in [2.75, 3.05) is 42.8 Å². The van der Waals surface area contributed by atoms with Crippen molar-refractivity contribution in [3.63, 3.8) is 0 Å². The number of nitrogens with two attached hydrogens (primary N) is 1. The molecule has 0 spiro atoms. The van der Waals surface area contributed by atoms with Crippen LogP contribution in [0.2, 0.25) is 0 Å². The Bertz CT molecular complexity index is 1290. The van der Waals surface area contributed by atoms with Gasteiger partial charge in [0.05, 0.1) is 31.2 Å². The summed E-state index contributed by atoms with van der Waals surface area (Å²) in [5.41, 5.74) is 10.5. The minimum Gasteiger partial charge on any atom is -0.493 e. The number of nitrogens with one attached hydrogen (secondary N) is 2. The Morgan fingerprint density at radius 1 is 1.00 bits per heavy atom. The van der Waals surface area contributed by atoms with Crippen LogP contribution in [-0.2, 0) is 9.59 Å². The average Bonchev–Trinajstić information content (AvgIpc) is 3.21. The summed E-state index contributed by atoms with van der Waals surface area (Å²) in [5, 5.41) is 6.38. The van der Waals surface area contributed by atoms with Crippen LogP contribution in [0.5, 0.6) is 11.5 Å². The average molecular weight is 487 g/mol. The summed E-state index contributed by atoms with van der Waals surface area (Å²) >= 11 is 0. The van der Waals surface area contributed by atoms with E-state index in [1.54, 1.807) is 38.2 Å². The van der Waals surface area contributed by atoms with E-state index in [0.717, 1.165) is 16.9 Å². The van der Waals surface area contributed by atoms with Crippen molar-refractivity contribution >= 4 is 40.1 Å². The molecule has 36 heavy (non-hydrogen) atoms. The van der Waals surface area contributed by atoms with Gasteiger partial charge in [-0.2, -0.15) is 0 Å². The quantitative estimate of drug-likeness (QED) is 0.389. The first-order valence-corrected chi connectivity index (χ1v) is 11.7. The van der Waals surface area contributed by atoms with E-state index in [1.807, 2.05) is 54.6 Å². The highest BCUT2D eigenvalue weighted by Gasteiger charge is 2.30. The van der Waals surface area contributed by atoms with Gasteiger partial charge in [0, 0.05) is 36.5 Å². The summed E-state index contributed by atoms with van der Waals surface area (Å²) in [6.07, 6.45) is 0.715. The first kappa shape index (κ1) is 24.8. The molecule has 0 saturated heterocycles. The minimum atomic E-state index is -0.229. The van der Waals surface area contributed by atoms with Gasteiger partial charge in [-0.1, -0.05) is 30.3 Å². The number of ether oxygens (including phenoxy) is 2. The monoisotopic (exact) mass is 486 g/mol. The fourth-order valence-electron chi connectivity index (χ4n) is 4.22. The second-order valence-electron chi connectivity index (χ2n) is 8.31. The first-order chi connectivity index (χ1) is 17.5. The topological polar surface area (TPSA) is 106 Å². The number of amides is 2. The van der Waals surface area contributed by atoms with Gasteiger partial charge in [-0.05, 0) is 48.9 Å². The van der Waals surface area contributed by atoms with Gasteiger partial charge in [-0.15, -0.1) is 0 Å². The fourth-order valence-corrected chi connectivity index (χ4v) is 4.22. The van der Waals surface area contributed by atoms with E-state index in [4.69, 9.17) is 15.2 Å². The van der Waals surface area contributed by atoms with E-state index in [0.29, 0.717) is 53.5 Å². The summed E-state index contributed by atoms with van der Waals surface area (Å²) in [5.74, 6) is 0.795. The zero-order chi connectivity index (χ0) is 25.7. The van der Waals surface area contributed by atoms with Crippen molar-refractivity contribution in [2.24, 2.45) is 5.73 Å². The van der Waals surface area contributed by atoms with E-state index in [9.17, 15) is 9.59 Å². The van der Waals surface area contributed by atoms with Gasteiger partial charge in [0.15, 0.2) is 11.5 Å². The molecule has 1 aliphatic heterocycles. The third-order valence-corrected chi connectivity index (χ3v) is 6.00. The number of benzene rings is 3. The lowest BCUT2D eigenvalue weighted by Crippen LogP contribution is -2.30. The molecule has 0 aromatic heterocycles. The minimum absolute atomic E-state index is 0.0418. The molecule has 4 rings (SSSR count). The first-order valence-electron chi connectivity index (χ1n) is 11.7. The number of hydrogen-bond donors (Lipinski definition) is 3. The molecule has 1 heterocycles. The summed E-state index contributed by atoms with van der Waals surface area (Å²) in [7, 11) is 3.12. The molecule has 8 nitrogen and oxygen atoms in total. The van der Waals surface area contributed by atoms with E-state index in [1.165, 1.54) is 0 Å². The SMILES string of the molecule is COc1cc2c(cc1OC)/C(=C(/Nc1ccc(N(CCCN)C(C)=O)cc1)c1ccccc1)C(=O)N2. The number of anilines is 3. The summed E-state index contributed by atoms with van der Waals surface area (Å²) in [6.45, 7) is 2.61. The smallest absolute Gasteiger partial charge is 0.258 e. The van der Waals surface area contributed by atoms with Crippen LogP contribution >= 0.6 is 0 Å². The molecule has 186 valence electrons. The highest BCUT2D eigenvalue weighted by Crippen LogP contribution is 2.43. The predicted molar refractivity (Wildman–Crippen MR) is 143 cm³/mol. The molecule has 0 fully saturated rings. The predicted octanol–water partition coefficient (Wildman–Crippen LogP) is 4.34. The van der Waals surface area contributed by atoms with Crippen LogP contribution in [0.15, 0.2) is 66.7 Å². The van der Waals surface area contributed by atoms with Crippen molar-refractivity contribution < 1.29 is 19.1 Å². The maximum absolute atomic E-state index is 13.2. The Balaban J connectivity index is 1.77. The highest BCUT2D eigenvalue weighted by atomic mass is 16.5. The van der Waals surface area contributed by atoms with Gasteiger partial charge in [-0.3, -0.25) is 9.59 Å². The lowest BCUT2D eigenvalue weighted by atomic mass is 9.99. The zero-order valence-electron chi connectivity index (χ0n) is 20.6.